The minimum absolute atomic E-state index is 0.0950. The number of guanidine groups is 1. The molecule has 0 spiro atoms. The Kier molecular flexibility index (Phi) is 4.52. The first kappa shape index (κ1) is 11.1. The van der Waals surface area contributed by atoms with Crippen LogP contribution >= 0.6 is 11.8 Å². The molecule has 0 radical (unpaired) electrons. The van der Waals surface area contributed by atoms with Gasteiger partial charge in [0.2, 0.25) is 0 Å². The molecule has 0 fully saturated rings. The second kappa shape index (κ2) is 4.88. The van der Waals surface area contributed by atoms with Gasteiger partial charge in [-0.3, -0.25) is 0 Å². The van der Waals surface area contributed by atoms with E-state index in [1.54, 1.807) is 0 Å². The van der Waals surface area contributed by atoms with Gasteiger partial charge in [-0.25, -0.2) is 4.99 Å². The van der Waals surface area contributed by atoms with Crippen molar-refractivity contribution in [3.63, 3.8) is 0 Å². The fourth-order valence-corrected chi connectivity index (χ4v) is 1.49. The van der Waals surface area contributed by atoms with Gasteiger partial charge in [0.05, 0.1) is 17.4 Å². The van der Waals surface area contributed by atoms with Gasteiger partial charge < -0.3 is 11.5 Å². The normalized spacial score (nSPS) is 10.4. The number of rotatable bonds is 4. The Morgan fingerprint density at radius 2 is 2.17 bits per heavy atom. The highest BCUT2D eigenvalue weighted by molar-refractivity contribution is 7.99. The molecule has 4 nitrogen and oxygen atoms in total. The van der Waals surface area contributed by atoms with Crippen molar-refractivity contribution in [3.05, 3.63) is 0 Å². The minimum atomic E-state index is -0.277. The number of thioether (sulfide) groups is 1. The molecule has 0 rings (SSSR count). The first-order valence-electron chi connectivity index (χ1n) is 3.53. The lowest BCUT2D eigenvalue weighted by Gasteiger charge is -2.18. The predicted molar refractivity (Wildman–Crippen MR) is 52.8 cm³/mol. The van der Waals surface area contributed by atoms with Crippen molar-refractivity contribution in [1.29, 1.82) is 5.26 Å². The summed E-state index contributed by atoms with van der Waals surface area (Å²) in [5, 5.41) is 8.29. The molecule has 0 aromatic rings. The van der Waals surface area contributed by atoms with Gasteiger partial charge >= 0.3 is 0 Å². The number of nitriles is 1. The Morgan fingerprint density at radius 1 is 1.58 bits per heavy atom. The number of nitrogens with zero attached hydrogens (tertiary/aromatic N) is 2. The zero-order chi connectivity index (χ0) is 9.61. The molecule has 0 unspecified atom stereocenters. The van der Waals surface area contributed by atoms with Crippen LogP contribution in [0.25, 0.3) is 0 Å². The van der Waals surface area contributed by atoms with E-state index in [1.807, 2.05) is 19.9 Å². The lowest BCUT2D eigenvalue weighted by molar-refractivity contribution is 0.593. The zero-order valence-corrected chi connectivity index (χ0v) is 8.19. The molecule has 5 heteroatoms. The molecule has 4 N–H and O–H groups in total. The van der Waals surface area contributed by atoms with Crippen molar-refractivity contribution in [3.8, 4) is 6.07 Å². The molecular formula is C7H14N4S. The van der Waals surface area contributed by atoms with E-state index < -0.39 is 0 Å². The predicted octanol–water partition coefficient (Wildman–Crippen LogP) is 0.295. The van der Waals surface area contributed by atoms with Gasteiger partial charge in [0, 0.05) is 5.75 Å². The molecule has 0 aromatic carbocycles. The van der Waals surface area contributed by atoms with E-state index in [1.165, 1.54) is 11.8 Å². The summed E-state index contributed by atoms with van der Waals surface area (Å²) in [6.45, 7) is 3.86. The molecule has 0 saturated heterocycles. The summed E-state index contributed by atoms with van der Waals surface area (Å²) < 4.78 is 0. The second-order valence-electron chi connectivity index (χ2n) is 3.00. The van der Waals surface area contributed by atoms with Gasteiger partial charge in [-0.15, -0.1) is 11.8 Å². The van der Waals surface area contributed by atoms with E-state index in [0.29, 0.717) is 5.75 Å². The highest BCUT2D eigenvalue weighted by atomic mass is 32.2. The van der Waals surface area contributed by atoms with Crippen molar-refractivity contribution in [2.75, 3.05) is 11.5 Å². The molecular weight excluding hydrogens is 172 g/mol. The van der Waals surface area contributed by atoms with Crippen LogP contribution in [0, 0.1) is 11.3 Å². The molecule has 0 bridgehead atoms. The van der Waals surface area contributed by atoms with Crippen molar-refractivity contribution >= 4 is 17.7 Å². The fourth-order valence-electron chi connectivity index (χ4n) is 0.728. The SMILES string of the molecule is CC(C)(CSCC#N)N=C(N)N. The van der Waals surface area contributed by atoms with Crippen LogP contribution in [0.4, 0.5) is 0 Å². The summed E-state index contributed by atoms with van der Waals surface area (Å²) in [5.74, 6) is 1.32. The third-order valence-corrected chi connectivity index (χ3v) is 2.30. The highest BCUT2D eigenvalue weighted by Crippen LogP contribution is 2.15. The van der Waals surface area contributed by atoms with Crippen molar-refractivity contribution < 1.29 is 0 Å². The average molecular weight is 186 g/mol. The van der Waals surface area contributed by atoms with Crippen LogP contribution in [0.5, 0.6) is 0 Å². The monoisotopic (exact) mass is 186 g/mol. The van der Waals surface area contributed by atoms with Crippen LogP contribution in [0.2, 0.25) is 0 Å². The molecule has 0 aliphatic carbocycles. The third kappa shape index (κ3) is 5.86. The number of hydrogen-bond donors (Lipinski definition) is 2. The smallest absolute Gasteiger partial charge is 0.186 e. The molecule has 0 aliphatic rings. The number of nitrogens with two attached hydrogens (primary N) is 2. The lowest BCUT2D eigenvalue weighted by atomic mass is 10.1. The van der Waals surface area contributed by atoms with Crippen molar-refractivity contribution in [1.82, 2.24) is 0 Å². The Morgan fingerprint density at radius 3 is 2.58 bits per heavy atom. The Labute approximate surface area is 77.0 Å². The van der Waals surface area contributed by atoms with Crippen LogP contribution in [0.1, 0.15) is 13.8 Å². The summed E-state index contributed by atoms with van der Waals surface area (Å²) in [6.07, 6.45) is 0. The average Bonchev–Trinajstić information content (AvgIpc) is 1.84. The Balaban J connectivity index is 3.89. The second-order valence-corrected chi connectivity index (χ2v) is 3.99. The summed E-state index contributed by atoms with van der Waals surface area (Å²) in [7, 11) is 0. The molecule has 0 amide bonds. The van der Waals surface area contributed by atoms with E-state index in [0.717, 1.165) is 5.75 Å². The molecule has 0 atom stereocenters. The van der Waals surface area contributed by atoms with Gasteiger partial charge in [-0.1, -0.05) is 0 Å². The molecule has 0 heterocycles. The van der Waals surface area contributed by atoms with Crippen LogP contribution in [-0.4, -0.2) is 23.0 Å². The maximum Gasteiger partial charge on any atom is 0.186 e. The topological polar surface area (TPSA) is 88.2 Å². The summed E-state index contributed by atoms with van der Waals surface area (Å²) in [4.78, 5) is 4.02. The fraction of sp³-hybridized carbons (Fsp3) is 0.714. The van der Waals surface area contributed by atoms with Crippen molar-refractivity contribution in [2.45, 2.75) is 19.4 Å². The largest absolute Gasteiger partial charge is 0.370 e. The molecule has 0 saturated carbocycles. The van der Waals surface area contributed by atoms with Gasteiger partial charge in [0.25, 0.3) is 0 Å². The maximum atomic E-state index is 8.29. The van der Waals surface area contributed by atoms with Crippen LogP contribution in [-0.2, 0) is 0 Å². The van der Waals surface area contributed by atoms with E-state index in [9.17, 15) is 0 Å². The third-order valence-electron chi connectivity index (χ3n) is 1.05. The lowest BCUT2D eigenvalue weighted by Crippen LogP contribution is -2.31. The van der Waals surface area contributed by atoms with Crippen LogP contribution in [0.15, 0.2) is 4.99 Å². The number of aliphatic imine (C=N–C) groups is 1. The van der Waals surface area contributed by atoms with Gasteiger partial charge in [-0.05, 0) is 13.8 Å². The molecule has 0 aromatic heterocycles. The molecule has 68 valence electrons. The van der Waals surface area contributed by atoms with E-state index >= 15 is 0 Å². The zero-order valence-electron chi connectivity index (χ0n) is 7.37. The van der Waals surface area contributed by atoms with E-state index in [2.05, 4.69) is 4.99 Å². The summed E-state index contributed by atoms with van der Waals surface area (Å²) >= 11 is 1.52. The maximum absolute atomic E-state index is 8.29. The van der Waals surface area contributed by atoms with Crippen LogP contribution in [0.3, 0.4) is 0 Å². The Hall–Kier alpha value is -0.890. The first-order valence-corrected chi connectivity index (χ1v) is 4.69. The molecule has 12 heavy (non-hydrogen) atoms. The highest BCUT2D eigenvalue weighted by Gasteiger charge is 2.15. The van der Waals surface area contributed by atoms with Gasteiger partial charge in [0.1, 0.15) is 0 Å². The van der Waals surface area contributed by atoms with E-state index in [-0.39, 0.29) is 11.5 Å². The van der Waals surface area contributed by atoms with Crippen LogP contribution < -0.4 is 11.5 Å². The van der Waals surface area contributed by atoms with Crippen molar-refractivity contribution in [2.24, 2.45) is 16.5 Å². The van der Waals surface area contributed by atoms with E-state index in [4.69, 9.17) is 16.7 Å². The standard InChI is InChI=1S/C7H14N4S/c1-7(2,11-6(9)10)5-12-4-3-8/h4-5H2,1-2H3,(H4,9,10,11). The quantitative estimate of drug-likeness (QED) is 0.375. The number of hydrogen-bond acceptors (Lipinski definition) is 3. The Bertz CT molecular complexity index is 200. The molecule has 0 aliphatic heterocycles. The summed E-state index contributed by atoms with van der Waals surface area (Å²) in [6, 6.07) is 2.05. The minimum Gasteiger partial charge on any atom is -0.370 e. The van der Waals surface area contributed by atoms with Gasteiger partial charge in [-0.2, -0.15) is 5.26 Å². The first-order chi connectivity index (χ1) is 5.48. The van der Waals surface area contributed by atoms with Gasteiger partial charge in [0.15, 0.2) is 5.96 Å². The summed E-state index contributed by atoms with van der Waals surface area (Å²) in [5.41, 5.74) is 10.2.